The Bertz CT molecular complexity index is 1120. The van der Waals surface area contributed by atoms with Gasteiger partial charge in [0.05, 0.1) is 0 Å². The summed E-state index contributed by atoms with van der Waals surface area (Å²) in [6.07, 6.45) is 60.2. The van der Waals surface area contributed by atoms with Crippen molar-refractivity contribution in [3.63, 3.8) is 0 Å². The number of hydrogen-bond acceptors (Lipinski definition) is 9. The van der Waals surface area contributed by atoms with Crippen LogP contribution in [0.1, 0.15) is 270 Å². The van der Waals surface area contributed by atoms with Crippen molar-refractivity contribution in [2.24, 2.45) is 0 Å². The molecular formula is C51H90N6O3. The molecule has 60 heavy (non-hydrogen) atoms. The highest BCUT2D eigenvalue weighted by Gasteiger charge is 2.14. The fraction of sp³-hybridized carbons (Fsp3) is 0.824. The zero-order valence-electron chi connectivity index (χ0n) is 38.5. The molecule has 3 N–H and O–H groups in total. The van der Waals surface area contributed by atoms with Gasteiger partial charge in [-0.3, -0.25) is 0 Å². The Labute approximate surface area is 367 Å². The van der Waals surface area contributed by atoms with Crippen molar-refractivity contribution in [1.29, 1.82) is 0 Å². The first-order valence-corrected chi connectivity index (χ1v) is 26.0. The number of hydroxylamine groups is 3. The molecule has 0 radical (unpaired) electrons. The lowest BCUT2D eigenvalue weighted by Crippen LogP contribution is -2.24. The van der Waals surface area contributed by atoms with Crippen molar-refractivity contribution in [2.75, 3.05) is 0 Å². The van der Waals surface area contributed by atoms with Crippen LogP contribution in [0, 0.1) is 0 Å². The van der Waals surface area contributed by atoms with Crippen LogP contribution in [-0.4, -0.2) is 15.0 Å². The molecule has 0 aliphatic heterocycles. The molecule has 342 valence electrons. The number of nitrogens with zero attached hydrogens (tertiary/aromatic N) is 3. The second-order valence-corrected chi connectivity index (χ2v) is 18.3. The van der Waals surface area contributed by atoms with Gasteiger partial charge in [0.2, 0.25) is 0 Å². The smallest absolute Gasteiger partial charge is 0.340 e. The van der Waals surface area contributed by atoms with Crippen LogP contribution in [0.4, 0.5) is 0 Å². The summed E-state index contributed by atoms with van der Waals surface area (Å²) >= 11 is 0. The Hall–Kier alpha value is -2.97. The molecule has 0 amide bonds. The monoisotopic (exact) mass is 835 g/mol. The predicted octanol–water partition coefficient (Wildman–Crippen LogP) is 15.6. The maximum Gasteiger partial charge on any atom is 0.352 e. The van der Waals surface area contributed by atoms with E-state index in [9.17, 15) is 0 Å². The average Bonchev–Trinajstić information content (AvgIpc) is 3.25. The maximum absolute atomic E-state index is 6.16. The van der Waals surface area contributed by atoms with Gasteiger partial charge in [-0.05, 0) is 77.0 Å². The van der Waals surface area contributed by atoms with Gasteiger partial charge in [0.1, 0.15) is 0 Å². The van der Waals surface area contributed by atoms with E-state index < -0.39 is 0 Å². The van der Waals surface area contributed by atoms with E-state index in [0.29, 0.717) is 0 Å². The van der Waals surface area contributed by atoms with Crippen LogP contribution in [0.5, 0.6) is 18.0 Å². The summed E-state index contributed by atoms with van der Waals surface area (Å²) in [5, 5.41) is 0. The molecule has 0 saturated carbocycles. The van der Waals surface area contributed by atoms with Gasteiger partial charge in [-0.2, -0.15) is 0 Å². The SMILES string of the molecule is C1=C(NOc2nc(ONC3=CCCCCCCCCCCCCCC3)nc(ONC3=CCCCCCCCCCCCCCC3)n2)CCCCCCCCCCCCCC1. The lowest BCUT2D eigenvalue weighted by molar-refractivity contribution is 0.155. The van der Waals surface area contributed by atoms with E-state index in [1.54, 1.807) is 0 Å². The van der Waals surface area contributed by atoms with Gasteiger partial charge >= 0.3 is 18.0 Å². The van der Waals surface area contributed by atoms with E-state index in [-0.39, 0.29) is 18.0 Å². The van der Waals surface area contributed by atoms with Crippen molar-refractivity contribution >= 4 is 0 Å². The number of allylic oxidation sites excluding steroid dienone is 6. The molecule has 0 spiro atoms. The molecule has 0 aromatic carbocycles. The first-order valence-electron chi connectivity index (χ1n) is 26.0. The highest BCUT2D eigenvalue weighted by Crippen LogP contribution is 2.21. The molecule has 0 atom stereocenters. The third kappa shape index (κ3) is 26.4. The lowest BCUT2D eigenvalue weighted by atomic mass is 10.0. The van der Waals surface area contributed by atoms with Crippen LogP contribution in [0.25, 0.3) is 0 Å². The second kappa shape index (κ2) is 35.6. The van der Waals surface area contributed by atoms with E-state index in [2.05, 4.69) is 49.6 Å². The zero-order chi connectivity index (χ0) is 41.6. The molecule has 0 saturated heterocycles. The van der Waals surface area contributed by atoms with Gasteiger partial charge < -0.3 is 14.5 Å². The first kappa shape index (κ1) is 49.7. The normalized spacial score (nSPS) is 21.5. The van der Waals surface area contributed by atoms with Crippen LogP contribution < -0.4 is 31.0 Å². The van der Waals surface area contributed by atoms with Crippen LogP contribution in [-0.2, 0) is 0 Å². The summed E-state index contributed by atoms with van der Waals surface area (Å²) in [5.41, 5.74) is 13.0. The number of rotatable bonds is 9. The van der Waals surface area contributed by atoms with E-state index in [0.717, 1.165) is 74.9 Å². The quantitative estimate of drug-likeness (QED) is 0.210. The first-order chi connectivity index (χ1) is 29.8. The number of nitrogens with one attached hydrogen (secondary N) is 3. The summed E-state index contributed by atoms with van der Waals surface area (Å²) in [6.45, 7) is 0. The fourth-order valence-electron chi connectivity index (χ4n) is 8.89. The van der Waals surface area contributed by atoms with Gasteiger partial charge in [-0.25, -0.2) is 16.4 Å². The minimum absolute atomic E-state index is 0.130. The van der Waals surface area contributed by atoms with Crippen LogP contribution in [0.2, 0.25) is 0 Å². The topological polar surface area (TPSA) is 102 Å². The summed E-state index contributed by atoms with van der Waals surface area (Å²) in [6, 6.07) is 0.391. The summed E-state index contributed by atoms with van der Waals surface area (Å²) in [5.74, 6) is 0. The average molecular weight is 835 g/mol. The van der Waals surface area contributed by atoms with Crippen molar-refractivity contribution in [2.45, 2.75) is 270 Å². The Balaban J connectivity index is 1.44. The molecule has 1 heterocycles. The number of aromatic nitrogens is 3. The highest BCUT2D eigenvalue weighted by molar-refractivity contribution is 5.11. The molecule has 3 aliphatic carbocycles. The molecule has 1 aromatic heterocycles. The molecule has 0 unspecified atom stereocenters. The van der Waals surface area contributed by atoms with Gasteiger partial charge in [0.25, 0.3) is 0 Å². The van der Waals surface area contributed by atoms with Crippen molar-refractivity contribution in [3.8, 4) is 18.0 Å². The molecule has 9 nitrogen and oxygen atoms in total. The molecule has 1 aromatic rings. The Morgan fingerprint density at radius 2 is 0.433 bits per heavy atom. The summed E-state index contributed by atoms with van der Waals surface area (Å²) < 4.78 is 0. The maximum atomic E-state index is 6.16. The van der Waals surface area contributed by atoms with Gasteiger partial charge in [0, 0.05) is 17.1 Å². The minimum atomic E-state index is 0.130. The Morgan fingerprint density at radius 1 is 0.250 bits per heavy atom. The van der Waals surface area contributed by atoms with Crippen LogP contribution in [0.15, 0.2) is 35.3 Å². The third-order valence-corrected chi connectivity index (χ3v) is 12.8. The third-order valence-electron chi connectivity index (χ3n) is 12.8. The molecular weight excluding hydrogens is 745 g/mol. The summed E-state index contributed by atoms with van der Waals surface area (Å²) in [7, 11) is 0. The molecule has 3 aliphatic rings. The second-order valence-electron chi connectivity index (χ2n) is 18.3. The molecule has 9 heteroatoms. The lowest BCUT2D eigenvalue weighted by Gasteiger charge is -2.15. The minimum Gasteiger partial charge on any atom is -0.340 e. The predicted molar refractivity (Wildman–Crippen MR) is 249 cm³/mol. The highest BCUT2D eigenvalue weighted by atomic mass is 16.7. The van der Waals surface area contributed by atoms with E-state index >= 15 is 0 Å². The molecule has 4 rings (SSSR count). The standard InChI is InChI=1S/C51H90N6O3/c1-4-10-16-22-28-34-40-46(41-35-29-23-17-11-5-1)55-58-49-52-50(59-56-47-42-36-30-24-18-12-6-2-7-13-19-25-31-37-43-47)54-51(53-49)60-57-48-44-38-32-26-20-14-8-3-9-15-21-27-33-39-45-48/h40,42,44,55-57H,1-39,41,43,45H2. The van der Waals surface area contributed by atoms with E-state index in [1.165, 1.54) is 212 Å². The van der Waals surface area contributed by atoms with Gasteiger partial charge in [-0.15, -0.1) is 15.0 Å². The van der Waals surface area contributed by atoms with Crippen molar-refractivity contribution in [3.05, 3.63) is 35.3 Å². The van der Waals surface area contributed by atoms with E-state index in [1.807, 2.05) is 0 Å². The fourth-order valence-corrected chi connectivity index (χ4v) is 8.89. The largest absolute Gasteiger partial charge is 0.352 e. The van der Waals surface area contributed by atoms with Crippen LogP contribution in [0.3, 0.4) is 0 Å². The van der Waals surface area contributed by atoms with Crippen molar-refractivity contribution < 1.29 is 14.5 Å². The Morgan fingerprint density at radius 3 is 0.650 bits per heavy atom. The van der Waals surface area contributed by atoms with E-state index in [4.69, 9.17) is 14.5 Å². The van der Waals surface area contributed by atoms with Crippen LogP contribution >= 0.6 is 0 Å². The summed E-state index contributed by atoms with van der Waals surface area (Å²) in [4.78, 5) is 32.3. The van der Waals surface area contributed by atoms with Crippen molar-refractivity contribution in [1.82, 2.24) is 31.4 Å². The van der Waals surface area contributed by atoms with Gasteiger partial charge in [-0.1, -0.05) is 211 Å². The molecule has 0 bridgehead atoms. The Kier molecular flexibility index (Phi) is 29.5. The zero-order valence-corrected chi connectivity index (χ0v) is 38.5. The number of hydrogen-bond donors (Lipinski definition) is 3. The molecule has 0 fully saturated rings. The van der Waals surface area contributed by atoms with Gasteiger partial charge in [0.15, 0.2) is 0 Å².